The zero-order chi connectivity index (χ0) is 26.1. The van der Waals surface area contributed by atoms with Crippen molar-refractivity contribution in [3.63, 3.8) is 0 Å². The second-order valence-corrected chi connectivity index (χ2v) is 13.4. The van der Waals surface area contributed by atoms with Gasteiger partial charge in [-0.1, -0.05) is 65.3 Å². The molecule has 1 N–H and O–H groups in total. The smallest absolute Gasteiger partial charge is 0.432 e. The summed E-state index contributed by atoms with van der Waals surface area (Å²) in [4.78, 5) is 11.9. The number of carbonyl (C=O) groups excluding carboxylic acids is 1. The number of ether oxygens (including phenoxy) is 2. The molecule has 0 amide bonds. The number of aliphatic hydroxyl groups is 1. The predicted octanol–water partition coefficient (Wildman–Crippen LogP) is 7.95. The fourth-order valence-corrected chi connectivity index (χ4v) is 9.21. The van der Waals surface area contributed by atoms with Gasteiger partial charge in [0.25, 0.3) is 0 Å². The number of carbonyl (C=O) groups is 1. The zero-order valence-corrected chi connectivity index (χ0v) is 23.8. The molecule has 4 rings (SSSR count). The van der Waals surface area contributed by atoms with E-state index in [2.05, 4.69) is 59.8 Å². The van der Waals surface area contributed by atoms with Crippen LogP contribution in [0.15, 0.2) is 23.8 Å². The topological polar surface area (TPSA) is 55.8 Å². The van der Waals surface area contributed by atoms with Gasteiger partial charge in [0.2, 0.25) is 0 Å². The molecule has 0 aromatic heterocycles. The van der Waals surface area contributed by atoms with Crippen LogP contribution in [-0.2, 0) is 9.47 Å². The van der Waals surface area contributed by atoms with Crippen LogP contribution in [0.1, 0.15) is 99.3 Å². The molecule has 0 aromatic carbocycles. The highest BCUT2D eigenvalue weighted by atomic mass is 16.7. The van der Waals surface area contributed by atoms with E-state index in [1.54, 1.807) is 0 Å². The highest BCUT2D eigenvalue weighted by molar-refractivity contribution is 5.60. The van der Waals surface area contributed by atoms with Crippen LogP contribution in [0.3, 0.4) is 0 Å². The summed E-state index contributed by atoms with van der Waals surface area (Å²) in [6.07, 6.45) is 17.7. The molecule has 4 aliphatic rings. The lowest BCUT2D eigenvalue weighted by Gasteiger charge is -2.58. The molecule has 3 fully saturated rings. The summed E-state index contributed by atoms with van der Waals surface area (Å²) in [6.45, 7) is 14.5. The monoisotopic (exact) mass is 500 g/mol. The molecular weight excluding hydrogens is 448 g/mol. The molecule has 204 valence electrons. The molecule has 36 heavy (non-hydrogen) atoms. The lowest BCUT2D eigenvalue weighted by molar-refractivity contribution is -0.0594. The Bertz CT molecular complexity index is 830. The van der Waals surface area contributed by atoms with Crippen LogP contribution in [0.5, 0.6) is 0 Å². The Labute approximate surface area is 220 Å². The van der Waals surface area contributed by atoms with E-state index in [0.717, 1.165) is 48.9 Å². The van der Waals surface area contributed by atoms with Crippen LogP contribution in [0.4, 0.5) is 4.79 Å². The molecule has 0 radical (unpaired) electrons. The summed E-state index contributed by atoms with van der Waals surface area (Å²) >= 11 is 0. The number of rotatable bonds is 8. The largest absolute Gasteiger partial charge is 0.508 e. The maximum Gasteiger partial charge on any atom is 0.508 e. The van der Waals surface area contributed by atoms with E-state index in [-0.39, 0.29) is 24.7 Å². The van der Waals surface area contributed by atoms with E-state index >= 15 is 0 Å². The van der Waals surface area contributed by atoms with Crippen LogP contribution in [0.2, 0.25) is 0 Å². The number of hydrogen-bond acceptors (Lipinski definition) is 4. The number of fused-ring (bicyclic) bond motifs is 5. The fraction of sp³-hybridized carbons (Fsp3) is 0.844. The van der Waals surface area contributed by atoms with Gasteiger partial charge in [0.15, 0.2) is 0 Å². The molecule has 3 unspecified atom stereocenters. The summed E-state index contributed by atoms with van der Waals surface area (Å²) < 4.78 is 10.5. The Morgan fingerprint density at radius 2 is 1.89 bits per heavy atom. The first kappa shape index (κ1) is 27.7. The molecule has 0 spiro atoms. The van der Waals surface area contributed by atoms with Crippen molar-refractivity contribution >= 4 is 6.16 Å². The number of aliphatic hydroxyl groups excluding tert-OH is 1. The second kappa shape index (κ2) is 11.2. The van der Waals surface area contributed by atoms with Gasteiger partial charge in [-0.05, 0) is 104 Å². The van der Waals surface area contributed by atoms with Crippen LogP contribution in [0, 0.1) is 52.3 Å². The summed E-state index contributed by atoms with van der Waals surface area (Å²) in [5, 5.41) is 8.88. The SMILES string of the molecule is CC[C@H](C=C[C@@H](C)[C@H]1CCC2C3CC=C4C[C@@H](OC(=O)OCCO)CC[C@]4(C)C3CC[C@@]21C)C(C)C. The zero-order valence-electron chi connectivity index (χ0n) is 23.8. The molecule has 9 atom stereocenters. The van der Waals surface area contributed by atoms with Crippen LogP contribution in [0.25, 0.3) is 0 Å². The summed E-state index contributed by atoms with van der Waals surface area (Å²) in [6, 6.07) is 0. The molecule has 0 aromatic rings. The van der Waals surface area contributed by atoms with Crippen molar-refractivity contribution in [2.24, 2.45) is 52.3 Å². The van der Waals surface area contributed by atoms with Crippen molar-refractivity contribution in [1.29, 1.82) is 0 Å². The molecule has 4 aliphatic carbocycles. The maximum absolute atomic E-state index is 11.9. The minimum atomic E-state index is -0.640. The minimum Gasteiger partial charge on any atom is -0.432 e. The third-order valence-corrected chi connectivity index (χ3v) is 11.3. The highest BCUT2D eigenvalue weighted by Gasteiger charge is 2.59. The third kappa shape index (κ3) is 5.18. The van der Waals surface area contributed by atoms with Gasteiger partial charge in [-0.15, -0.1) is 0 Å². The molecule has 3 saturated carbocycles. The molecule has 0 heterocycles. The normalized spacial score (nSPS) is 39.7. The fourth-order valence-electron chi connectivity index (χ4n) is 9.21. The Kier molecular flexibility index (Phi) is 8.64. The summed E-state index contributed by atoms with van der Waals surface area (Å²) in [5.41, 5.74) is 2.22. The first-order valence-electron chi connectivity index (χ1n) is 15.0. The van der Waals surface area contributed by atoms with E-state index in [4.69, 9.17) is 14.6 Å². The van der Waals surface area contributed by atoms with Crippen molar-refractivity contribution in [3.05, 3.63) is 23.8 Å². The maximum atomic E-state index is 11.9. The van der Waals surface area contributed by atoms with Crippen LogP contribution >= 0.6 is 0 Å². The second-order valence-electron chi connectivity index (χ2n) is 13.4. The van der Waals surface area contributed by atoms with Crippen molar-refractivity contribution in [3.8, 4) is 0 Å². The van der Waals surface area contributed by atoms with E-state index < -0.39 is 6.16 Å². The van der Waals surface area contributed by atoms with Gasteiger partial charge in [0.05, 0.1) is 6.61 Å². The third-order valence-electron chi connectivity index (χ3n) is 11.3. The van der Waals surface area contributed by atoms with Gasteiger partial charge in [-0.2, -0.15) is 0 Å². The first-order chi connectivity index (χ1) is 17.1. The van der Waals surface area contributed by atoms with E-state index in [9.17, 15) is 4.79 Å². The van der Waals surface area contributed by atoms with Gasteiger partial charge in [0, 0.05) is 6.42 Å². The predicted molar refractivity (Wildman–Crippen MR) is 145 cm³/mol. The molecule has 0 bridgehead atoms. The van der Waals surface area contributed by atoms with Crippen LogP contribution < -0.4 is 0 Å². The Hall–Kier alpha value is -1.29. The quantitative estimate of drug-likeness (QED) is 0.271. The van der Waals surface area contributed by atoms with Gasteiger partial charge in [-0.3, -0.25) is 0 Å². The molecule has 4 heteroatoms. The Morgan fingerprint density at radius 3 is 2.58 bits per heavy atom. The first-order valence-corrected chi connectivity index (χ1v) is 15.0. The molecular formula is C32H52O4. The van der Waals surface area contributed by atoms with Crippen molar-refractivity contribution in [2.75, 3.05) is 13.2 Å². The van der Waals surface area contributed by atoms with E-state index in [1.165, 1.54) is 44.1 Å². The van der Waals surface area contributed by atoms with Gasteiger partial charge >= 0.3 is 6.16 Å². The van der Waals surface area contributed by atoms with Crippen molar-refractivity contribution in [2.45, 2.75) is 105 Å². The van der Waals surface area contributed by atoms with E-state index in [0.29, 0.717) is 17.3 Å². The average molecular weight is 501 g/mol. The molecule has 0 saturated heterocycles. The lowest BCUT2D eigenvalue weighted by atomic mass is 9.47. The number of hydrogen-bond donors (Lipinski definition) is 1. The van der Waals surface area contributed by atoms with Gasteiger partial charge in [0.1, 0.15) is 12.7 Å². The highest BCUT2D eigenvalue weighted by Crippen LogP contribution is 2.67. The molecule has 0 aliphatic heterocycles. The molecule has 4 nitrogen and oxygen atoms in total. The average Bonchev–Trinajstić information content (AvgIpc) is 3.20. The Morgan fingerprint density at radius 1 is 1.11 bits per heavy atom. The van der Waals surface area contributed by atoms with Gasteiger partial charge in [-0.25, -0.2) is 4.79 Å². The van der Waals surface area contributed by atoms with E-state index in [1.807, 2.05) is 0 Å². The summed E-state index contributed by atoms with van der Waals surface area (Å²) in [7, 11) is 0. The van der Waals surface area contributed by atoms with Crippen molar-refractivity contribution in [1.82, 2.24) is 0 Å². The summed E-state index contributed by atoms with van der Waals surface area (Å²) in [5.74, 6) is 5.27. The minimum absolute atomic E-state index is 0.00217. The van der Waals surface area contributed by atoms with Crippen molar-refractivity contribution < 1.29 is 19.4 Å². The van der Waals surface area contributed by atoms with Crippen LogP contribution in [-0.4, -0.2) is 30.6 Å². The standard InChI is InChI=1S/C32H52O4/c1-7-23(21(2)3)9-8-22(4)27-12-13-28-26-11-10-24-20-25(36-30(34)35-19-18-33)14-16-31(24,5)29(26)15-17-32(27,28)6/h8-10,21-23,25-29,33H,7,11-20H2,1-6H3/t22-,23-,25+,26?,27-,28?,29?,31+,32-/m1/s1. The lowest BCUT2D eigenvalue weighted by Crippen LogP contribution is -2.51. The Balaban J connectivity index is 1.44. The number of allylic oxidation sites excluding steroid dienone is 3. The van der Waals surface area contributed by atoms with Gasteiger partial charge < -0.3 is 14.6 Å².